The van der Waals surface area contributed by atoms with Crippen molar-refractivity contribution < 1.29 is 0 Å². The molecule has 2 atom stereocenters. The van der Waals surface area contributed by atoms with Crippen molar-refractivity contribution >= 4 is 0 Å². The van der Waals surface area contributed by atoms with E-state index in [0.29, 0.717) is 6.04 Å². The molecule has 112 valence electrons. The fraction of sp³-hybridized carbons (Fsp3) is 1.00. The molecule has 2 rings (SSSR count). The quantitative estimate of drug-likeness (QED) is 0.791. The topological polar surface area (TPSA) is 18.5 Å². The zero-order valence-electron chi connectivity index (χ0n) is 13.2. The van der Waals surface area contributed by atoms with Crippen molar-refractivity contribution in [2.24, 2.45) is 5.92 Å². The fourth-order valence-corrected chi connectivity index (χ4v) is 4.09. The molecular formula is C16H33N3. The van der Waals surface area contributed by atoms with E-state index in [1.165, 1.54) is 58.2 Å². The summed E-state index contributed by atoms with van der Waals surface area (Å²) in [6.45, 7) is 7.32. The smallest absolute Gasteiger partial charge is 0.0350 e. The maximum atomic E-state index is 3.42. The molecule has 0 aromatic heterocycles. The maximum absolute atomic E-state index is 3.42. The standard InChI is InChI=1S/C16H33N3/c1-14-11-18(3)13-16(10-17-2)19(12-14)15-8-6-4-5-7-9-15/h14-17H,4-13H2,1-3H3. The third-order valence-corrected chi connectivity index (χ3v) is 4.87. The van der Waals surface area contributed by atoms with Gasteiger partial charge >= 0.3 is 0 Å². The van der Waals surface area contributed by atoms with Crippen LogP contribution in [0.25, 0.3) is 0 Å². The minimum atomic E-state index is 0.697. The van der Waals surface area contributed by atoms with Crippen LogP contribution in [-0.4, -0.2) is 62.2 Å². The Morgan fingerprint density at radius 2 is 1.68 bits per heavy atom. The van der Waals surface area contributed by atoms with Crippen LogP contribution < -0.4 is 5.32 Å². The normalized spacial score (nSPS) is 33.0. The summed E-state index contributed by atoms with van der Waals surface area (Å²) in [6, 6.07) is 1.54. The minimum Gasteiger partial charge on any atom is -0.318 e. The van der Waals surface area contributed by atoms with Gasteiger partial charge in [-0.1, -0.05) is 32.6 Å². The van der Waals surface area contributed by atoms with Gasteiger partial charge in [-0.3, -0.25) is 4.90 Å². The second-order valence-electron chi connectivity index (χ2n) is 6.88. The molecule has 1 aliphatic carbocycles. The van der Waals surface area contributed by atoms with Gasteiger partial charge in [0.2, 0.25) is 0 Å². The highest BCUT2D eigenvalue weighted by Crippen LogP contribution is 2.26. The summed E-state index contributed by atoms with van der Waals surface area (Å²) >= 11 is 0. The average molecular weight is 267 g/mol. The van der Waals surface area contributed by atoms with Crippen molar-refractivity contribution in [1.82, 2.24) is 15.1 Å². The SMILES string of the molecule is CNCC1CN(C)CC(C)CN1C1CCCCCC1. The van der Waals surface area contributed by atoms with Crippen LogP contribution in [-0.2, 0) is 0 Å². The Balaban J connectivity index is 2.06. The first-order chi connectivity index (χ1) is 9.20. The lowest BCUT2D eigenvalue weighted by atomic mass is 10.0. The monoisotopic (exact) mass is 267 g/mol. The number of nitrogens with zero attached hydrogens (tertiary/aromatic N) is 2. The molecule has 3 nitrogen and oxygen atoms in total. The lowest BCUT2D eigenvalue weighted by Crippen LogP contribution is -2.50. The van der Waals surface area contributed by atoms with Gasteiger partial charge in [-0.2, -0.15) is 0 Å². The summed E-state index contributed by atoms with van der Waals surface area (Å²) in [5, 5.41) is 3.42. The van der Waals surface area contributed by atoms with E-state index in [2.05, 4.69) is 36.1 Å². The summed E-state index contributed by atoms with van der Waals surface area (Å²) in [4.78, 5) is 5.39. The van der Waals surface area contributed by atoms with Gasteiger partial charge in [-0.15, -0.1) is 0 Å². The molecule has 0 bridgehead atoms. The van der Waals surface area contributed by atoms with E-state index in [1.54, 1.807) is 0 Å². The Bertz CT molecular complexity index is 248. The molecule has 0 aromatic carbocycles. The van der Waals surface area contributed by atoms with Crippen LogP contribution >= 0.6 is 0 Å². The van der Waals surface area contributed by atoms with Crippen LogP contribution in [0.15, 0.2) is 0 Å². The van der Waals surface area contributed by atoms with Crippen LogP contribution in [0.5, 0.6) is 0 Å². The Hall–Kier alpha value is -0.120. The van der Waals surface area contributed by atoms with Crippen molar-refractivity contribution in [1.29, 1.82) is 0 Å². The first-order valence-corrected chi connectivity index (χ1v) is 8.29. The van der Waals surface area contributed by atoms with Crippen molar-refractivity contribution in [2.75, 3.05) is 40.3 Å². The van der Waals surface area contributed by atoms with E-state index in [1.807, 2.05) is 0 Å². The molecule has 1 heterocycles. The minimum absolute atomic E-state index is 0.697. The number of hydrogen-bond donors (Lipinski definition) is 1. The Kier molecular flexibility index (Phi) is 6.11. The lowest BCUT2D eigenvalue weighted by molar-refractivity contribution is 0.112. The van der Waals surface area contributed by atoms with E-state index in [9.17, 15) is 0 Å². The van der Waals surface area contributed by atoms with Gasteiger partial charge in [0.1, 0.15) is 0 Å². The maximum Gasteiger partial charge on any atom is 0.0350 e. The van der Waals surface area contributed by atoms with Crippen LogP contribution in [0.2, 0.25) is 0 Å². The third kappa shape index (κ3) is 4.44. The summed E-state index contributed by atoms with van der Waals surface area (Å²) in [6.07, 6.45) is 8.65. The Morgan fingerprint density at radius 3 is 2.32 bits per heavy atom. The lowest BCUT2D eigenvalue weighted by Gasteiger charge is -2.38. The molecule has 0 spiro atoms. The van der Waals surface area contributed by atoms with Gasteiger partial charge in [-0.25, -0.2) is 0 Å². The Labute approximate surface area is 119 Å². The van der Waals surface area contributed by atoms with Crippen molar-refractivity contribution in [3.05, 3.63) is 0 Å². The first kappa shape index (κ1) is 15.3. The highest BCUT2D eigenvalue weighted by atomic mass is 15.3. The van der Waals surface area contributed by atoms with Gasteiger partial charge in [-0.05, 0) is 32.9 Å². The molecule has 0 radical (unpaired) electrons. The fourth-order valence-electron chi connectivity index (χ4n) is 4.09. The van der Waals surface area contributed by atoms with Gasteiger partial charge in [0, 0.05) is 38.3 Å². The molecule has 2 aliphatic rings. The summed E-state index contributed by atoms with van der Waals surface area (Å²) in [5.41, 5.74) is 0. The molecule has 19 heavy (non-hydrogen) atoms. The molecule has 1 saturated heterocycles. The summed E-state index contributed by atoms with van der Waals surface area (Å²) in [5.74, 6) is 0.801. The zero-order chi connectivity index (χ0) is 13.7. The van der Waals surface area contributed by atoms with Crippen LogP contribution in [0.4, 0.5) is 0 Å². The molecular weight excluding hydrogens is 234 g/mol. The van der Waals surface area contributed by atoms with E-state index in [4.69, 9.17) is 0 Å². The second-order valence-corrected chi connectivity index (χ2v) is 6.88. The molecule has 1 saturated carbocycles. The second kappa shape index (κ2) is 7.61. The van der Waals surface area contributed by atoms with E-state index in [0.717, 1.165) is 18.5 Å². The molecule has 2 unspecified atom stereocenters. The van der Waals surface area contributed by atoms with Crippen molar-refractivity contribution in [2.45, 2.75) is 57.5 Å². The molecule has 2 fully saturated rings. The van der Waals surface area contributed by atoms with Crippen LogP contribution in [0.3, 0.4) is 0 Å². The zero-order valence-corrected chi connectivity index (χ0v) is 13.2. The molecule has 0 aromatic rings. The van der Waals surface area contributed by atoms with Gasteiger partial charge in [0.15, 0.2) is 0 Å². The third-order valence-electron chi connectivity index (χ3n) is 4.87. The van der Waals surface area contributed by atoms with Gasteiger partial charge in [0.05, 0.1) is 0 Å². The predicted octanol–water partition coefficient (Wildman–Crippen LogP) is 2.18. The van der Waals surface area contributed by atoms with E-state index in [-0.39, 0.29) is 0 Å². The first-order valence-electron chi connectivity index (χ1n) is 8.29. The molecule has 1 N–H and O–H groups in total. The van der Waals surface area contributed by atoms with Gasteiger partial charge < -0.3 is 10.2 Å². The number of rotatable bonds is 3. The molecule has 3 heteroatoms. The molecule has 1 aliphatic heterocycles. The van der Waals surface area contributed by atoms with E-state index >= 15 is 0 Å². The van der Waals surface area contributed by atoms with Crippen molar-refractivity contribution in [3.63, 3.8) is 0 Å². The predicted molar refractivity (Wildman–Crippen MR) is 82.6 cm³/mol. The van der Waals surface area contributed by atoms with Crippen molar-refractivity contribution in [3.8, 4) is 0 Å². The highest BCUT2D eigenvalue weighted by Gasteiger charge is 2.31. The largest absolute Gasteiger partial charge is 0.318 e. The van der Waals surface area contributed by atoms with Gasteiger partial charge in [0.25, 0.3) is 0 Å². The number of hydrogen-bond acceptors (Lipinski definition) is 3. The highest BCUT2D eigenvalue weighted by molar-refractivity contribution is 4.87. The van der Waals surface area contributed by atoms with Crippen LogP contribution in [0.1, 0.15) is 45.4 Å². The molecule has 0 amide bonds. The summed E-state index contributed by atoms with van der Waals surface area (Å²) in [7, 11) is 4.38. The number of likely N-dealkylation sites (N-methyl/N-ethyl adjacent to an activating group) is 2. The number of nitrogens with one attached hydrogen (secondary N) is 1. The summed E-state index contributed by atoms with van der Waals surface area (Å²) < 4.78 is 0. The Morgan fingerprint density at radius 1 is 1.00 bits per heavy atom. The van der Waals surface area contributed by atoms with Crippen LogP contribution in [0, 0.1) is 5.92 Å². The van der Waals surface area contributed by atoms with E-state index < -0.39 is 0 Å². The average Bonchev–Trinajstić information content (AvgIpc) is 2.69.